The molecule has 37 heavy (non-hydrogen) atoms. The quantitative estimate of drug-likeness (QED) is 0.411. The Kier molecular flexibility index (Phi) is 5.19. The zero-order chi connectivity index (χ0) is 34.5. The zero-order valence-corrected chi connectivity index (χ0v) is 20.1. The molecule has 1 aliphatic rings. The van der Waals surface area contributed by atoms with Gasteiger partial charge >= 0.3 is 6.18 Å². The summed E-state index contributed by atoms with van der Waals surface area (Å²) in [7, 11) is 2.57. The summed E-state index contributed by atoms with van der Waals surface area (Å²) in [4.78, 5) is 14.6. The number of halogens is 3. The van der Waals surface area contributed by atoms with Gasteiger partial charge in [-0.2, -0.15) is 13.2 Å². The molecule has 1 N–H and O–H groups in total. The molecule has 3 aromatic carbocycles. The molecule has 8 heteroatoms. The molecule has 0 unspecified atom stereocenters. The van der Waals surface area contributed by atoms with E-state index in [0.717, 1.165) is 17.0 Å². The lowest BCUT2D eigenvalue weighted by Gasteiger charge is -2.42. The third kappa shape index (κ3) is 5.74. The SMILES string of the molecule is [2H]C([2H])([2H])NC(=O)[C@@]([2H])(c1ccccc1)N1CC([2H])([2H])c2cc(OC)c(OC)cc2[C@]1([2H])CC([2H])([2H])c1ccc(C(F)(F)F)cc1. The van der Waals surface area contributed by atoms with Gasteiger partial charge in [0.05, 0.1) is 22.5 Å². The summed E-state index contributed by atoms with van der Waals surface area (Å²) in [6.07, 6.45) is -10.7. The minimum Gasteiger partial charge on any atom is -0.493 e. The van der Waals surface area contributed by atoms with Crippen LogP contribution < -0.4 is 14.8 Å². The van der Waals surface area contributed by atoms with Crippen LogP contribution in [0.1, 0.15) is 58.6 Å². The summed E-state index contributed by atoms with van der Waals surface area (Å²) in [6.45, 7) is -3.98. The van der Waals surface area contributed by atoms with Crippen LogP contribution in [0.2, 0.25) is 0 Å². The number of aryl methyl sites for hydroxylation is 1. The number of carbonyl (C=O) groups is 1. The number of carbonyl (C=O) groups excluding carboxylic acids is 1. The van der Waals surface area contributed by atoms with Crippen LogP contribution in [0.25, 0.3) is 0 Å². The van der Waals surface area contributed by atoms with Crippen LogP contribution >= 0.6 is 0 Å². The van der Waals surface area contributed by atoms with Crippen LogP contribution in [0.5, 0.6) is 11.5 Å². The molecule has 0 aromatic heterocycles. The van der Waals surface area contributed by atoms with E-state index in [1.54, 1.807) is 11.4 Å². The van der Waals surface area contributed by atoms with Crippen LogP contribution in [-0.2, 0) is 23.7 Å². The van der Waals surface area contributed by atoms with Gasteiger partial charge in [0.15, 0.2) is 11.5 Å². The average Bonchev–Trinajstić information content (AvgIpc) is 2.97. The Bertz CT molecular complexity index is 1590. The maximum Gasteiger partial charge on any atom is 0.416 e. The number of fused-ring (bicyclic) bond motifs is 1. The van der Waals surface area contributed by atoms with Gasteiger partial charge in [-0.05, 0) is 65.7 Å². The Morgan fingerprint density at radius 2 is 1.86 bits per heavy atom. The molecule has 0 aliphatic carbocycles. The summed E-state index contributed by atoms with van der Waals surface area (Å²) < 4.78 is 129. The standard InChI is InChI=1S/C29H31F3N2O3/c1-33-28(35)27(20-7-5-4-6-8-20)34-16-15-21-17-25(36-2)26(37-3)18-23(21)24(34)14-11-19-9-12-22(13-10-19)29(30,31)32/h4-10,12-13,17-18,24,27H,11,14-16H2,1-3H3,(H,33,35)/t24-,27+/m0/s1/i1D3,11D2,15D2,24D,27D. The second-order valence-corrected chi connectivity index (χ2v) is 8.06. The number of benzene rings is 3. The van der Waals surface area contributed by atoms with Crippen molar-refractivity contribution in [2.45, 2.75) is 37.4 Å². The summed E-state index contributed by atoms with van der Waals surface area (Å²) in [5.41, 5.74) is -1.82. The van der Waals surface area contributed by atoms with Crippen molar-refractivity contribution in [3.63, 3.8) is 0 Å². The molecule has 1 amide bonds. The number of hydrogen-bond acceptors (Lipinski definition) is 4. The highest BCUT2D eigenvalue weighted by Gasteiger charge is 2.37. The Morgan fingerprint density at radius 1 is 1.19 bits per heavy atom. The summed E-state index contributed by atoms with van der Waals surface area (Å²) in [6, 6.07) is 7.40. The van der Waals surface area contributed by atoms with Crippen LogP contribution in [0.3, 0.4) is 0 Å². The van der Waals surface area contributed by atoms with E-state index in [1.807, 2.05) is 0 Å². The number of hydrogen-bond donors (Lipinski definition) is 1. The minimum absolute atomic E-state index is 0.00727. The van der Waals surface area contributed by atoms with Gasteiger partial charge in [0.1, 0.15) is 6.02 Å². The van der Waals surface area contributed by atoms with Gasteiger partial charge in [-0.15, -0.1) is 0 Å². The van der Waals surface area contributed by atoms with Crippen molar-refractivity contribution in [3.8, 4) is 11.5 Å². The van der Waals surface area contributed by atoms with Crippen molar-refractivity contribution in [1.29, 1.82) is 0 Å². The fourth-order valence-electron chi connectivity index (χ4n) is 4.10. The number of methoxy groups -OCH3 is 2. The van der Waals surface area contributed by atoms with Crippen LogP contribution in [0.15, 0.2) is 66.7 Å². The normalized spacial score (nSPS) is 25.1. The molecule has 2 atom stereocenters. The molecular weight excluding hydrogens is 481 g/mol. The zero-order valence-electron chi connectivity index (χ0n) is 29.1. The van der Waals surface area contributed by atoms with Gasteiger partial charge in [-0.3, -0.25) is 9.69 Å². The Morgan fingerprint density at radius 3 is 2.49 bits per heavy atom. The molecule has 1 heterocycles. The molecule has 0 fully saturated rings. The molecule has 0 radical (unpaired) electrons. The summed E-state index contributed by atoms with van der Waals surface area (Å²) in [5, 5.41) is 1.78. The third-order valence-electron chi connectivity index (χ3n) is 5.91. The van der Waals surface area contributed by atoms with E-state index in [1.165, 1.54) is 50.6 Å². The third-order valence-corrected chi connectivity index (χ3v) is 5.91. The van der Waals surface area contributed by atoms with Crippen molar-refractivity contribution in [1.82, 2.24) is 10.2 Å². The highest BCUT2D eigenvalue weighted by molar-refractivity contribution is 5.83. The van der Waals surface area contributed by atoms with E-state index in [0.29, 0.717) is 12.1 Å². The van der Waals surface area contributed by atoms with Gasteiger partial charge in [0.25, 0.3) is 0 Å². The van der Waals surface area contributed by atoms with Crippen LogP contribution in [-0.4, -0.2) is 38.5 Å². The topological polar surface area (TPSA) is 50.8 Å². The number of nitrogens with zero attached hydrogens (tertiary/aromatic N) is 1. The predicted molar refractivity (Wildman–Crippen MR) is 136 cm³/mol. The van der Waals surface area contributed by atoms with E-state index >= 15 is 0 Å². The molecule has 4 rings (SSSR count). The maximum atomic E-state index is 13.8. The smallest absolute Gasteiger partial charge is 0.416 e. The van der Waals surface area contributed by atoms with Crippen LogP contribution in [0.4, 0.5) is 13.2 Å². The fourth-order valence-corrected chi connectivity index (χ4v) is 4.10. The second kappa shape index (κ2) is 11.3. The van der Waals surface area contributed by atoms with Gasteiger partial charge in [0.2, 0.25) is 5.91 Å². The number of rotatable bonds is 8. The van der Waals surface area contributed by atoms with Crippen molar-refractivity contribution >= 4 is 5.91 Å². The Labute approximate surface area is 227 Å². The second-order valence-electron chi connectivity index (χ2n) is 8.06. The molecule has 196 valence electrons. The Hall–Kier alpha value is -3.52. The predicted octanol–water partition coefficient (Wildman–Crippen LogP) is 5.74. The number of likely N-dealkylation sites (N-methyl/N-ethyl adjacent to an activating group) is 1. The number of ether oxygens (including phenoxy) is 2. The van der Waals surface area contributed by atoms with Gasteiger partial charge < -0.3 is 14.8 Å². The molecular formula is C29H31F3N2O3. The van der Waals surface area contributed by atoms with Crippen molar-refractivity contribution in [3.05, 3.63) is 94.5 Å². The molecule has 0 saturated carbocycles. The fraction of sp³-hybridized carbons (Fsp3) is 0.345. The van der Waals surface area contributed by atoms with Gasteiger partial charge in [0, 0.05) is 29.1 Å². The number of amides is 1. The van der Waals surface area contributed by atoms with E-state index in [9.17, 15) is 20.7 Å². The molecule has 0 saturated heterocycles. The molecule has 5 nitrogen and oxygen atoms in total. The largest absolute Gasteiger partial charge is 0.493 e. The summed E-state index contributed by atoms with van der Waals surface area (Å²) in [5.74, 6) is -1.36. The van der Waals surface area contributed by atoms with E-state index < -0.39 is 62.4 Å². The van der Waals surface area contributed by atoms with E-state index in [2.05, 4.69) is 0 Å². The molecule has 1 aliphatic heterocycles. The van der Waals surface area contributed by atoms with Crippen LogP contribution in [0, 0.1) is 0 Å². The lowest BCUT2D eigenvalue weighted by atomic mass is 9.86. The first-order chi connectivity index (χ1) is 21.1. The molecule has 0 spiro atoms. The van der Waals surface area contributed by atoms with Gasteiger partial charge in [-0.25, -0.2) is 0 Å². The number of alkyl halides is 3. The Balaban J connectivity index is 2.03. The monoisotopic (exact) mass is 521 g/mol. The first-order valence-electron chi connectivity index (χ1n) is 15.7. The van der Waals surface area contributed by atoms with Gasteiger partial charge in [-0.1, -0.05) is 42.5 Å². The van der Waals surface area contributed by atoms with Crippen molar-refractivity contribution in [2.24, 2.45) is 0 Å². The average molecular weight is 522 g/mol. The van der Waals surface area contributed by atoms with E-state index in [4.69, 9.17) is 19.1 Å². The summed E-state index contributed by atoms with van der Waals surface area (Å²) >= 11 is 0. The lowest BCUT2D eigenvalue weighted by Crippen LogP contribution is -2.44. The molecule has 3 aromatic rings. The first kappa shape index (κ1) is 17.1. The van der Waals surface area contributed by atoms with Crippen molar-refractivity contribution in [2.75, 3.05) is 27.7 Å². The maximum absolute atomic E-state index is 13.8. The first-order valence-corrected chi connectivity index (χ1v) is 11.2. The minimum atomic E-state index is -4.70. The number of nitrogens with one attached hydrogen (secondary N) is 1. The lowest BCUT2D eigenvalue weighted by molar-refractivity contribution is -0.137. The van der Waals surface area contributed by atoms with Crippen molar-refractivity contribution < 1.29 is 39.8 Å². The highest BCUT2D eigenvalue weighted by Crippen LogP contribution is 2.43. The molecule has 0 bridgehead atoms. The van der Waals surface area contributed by atoms with E-state index in [-0.39, 0.29) is 33.8 Å². The highest BCUT2D eigenvalue weighted by atomic mass is 19.4.